The molecule has 7 heteroatoms. The van der Waals surface area contributed by atoms with Gasteiger partial charge in [0.2, 0.25) is 5.91 Å². The number of nitrogens with one attached hydrogen (secondary N) is 2. The highest BCUT2D eigenvalue weighted by molar-refractivity contribution is 9.10. The second-order valence-electron chi connectivity index (χ2n) is 8.01. The molecule has 0 saturated carbocycles. The molecule has 0 aliphatic carbocycles. The van der Waals surface area contributed by atoms with E-state index in [1.54, 1.807) is 11.0 Å². The lowest BCUT2D eigenvalue weighted by Gasteiger charge is -2.31. The van der Waals surface area contributed by atoms with Crippen LogP contribution in [0.2, 0.25) is 0 Å². The molecule has 2 saturated heterocycles. The number of ether oxygens (including phenoxy) is 1. The van der Waals surface area contributed by atoms with Crippen LogP contribution in [-0.2, 0) is 4.79 Å². The number of carbonyl (C=O) groups excluding carboxylic acids is 1. The number of hydrazine groups is 1. The van der Waals surface area contributed by atoms with Crippen LogP contribution in [0.5, 0.6) is 5.75 Å². The fraction of sp³-hybridized carbons (Fsp3) is 0.240. The number of amides is 1. The van der Waals surface area contributed by atoms with Gasteiger partial charge >= 0.3 is 0 Å². The molecule has 5 nitrogen and oxygen atoms in total. The Balaban J connectivity index is 1.58. The summed E-state index contributed by atoms with van der Waals surface area (Å²) in [5.74, 6) is 0.323. The monoisotopic (exact) mass is 495 g/mol. The summed E-state index contributed by atoms with van der Waals surface area (Å²) in [6.07, 6.45) is 0. The molecule has 164 valence electrons. The van der Waals surface area contributed by atoms with Crippen molar-refractivity contribution in [2.24, 2.45) is 5.92 Å². The minimum Gasteiger partial charge on any atom is -0.494 e. The lowest BCUT2D eigenvalue weighted by molar-refractivity contribution is -0.119. The Morgan fingerprint density at radius 2 is 1.69 bits per heavy atom. The molecule has 4 atom stereocenters. The van der Waals surface area contributed by atoms with E-state index in [-0.39, 0.29) is 29.7 Å². The molecule has 2 aliphatic heterocycles. The minimum atomic E-state index is -0.427. The van der Waals surface area contributed by atoms with Crippen molar-refractivity contribution in [1.82, 2.24) is 10.9 Å². The van der Waals surface area contributed by atoms with Crippen molar-refractivity contribution in [1.29, 1.82) is 0 Å². The van der Waals surface area contributed by atoms with Crippen molar-refractivity contribution < 1.29 is 13.9 Å². The molecule has 2 fully saturated rings. The molecular weight excluding hydrogens is 473 g/mol. The molecule has 32 heavy (non-hydrogen) atoms. The van der Waals surface area contributed by atoms with Crippen molar-refractivity contribution in [3.63, 3.8) is 0 Å². The first-order chi connectivity index (χ1) is 15.6. The highest BCUT2D eigenvalue weighted by atomic mass is 79.9. The van der Waals surface area contributed by atoms with Gasteiger partial charge in [-0.3, -0.25) is 4.79 Å². The number of nitrogens with zero attached hydrogens (tertiary/aromatic N) is 1. The van der Waals surface area contributed by atoms with Gasteiger partial charge in [-0.2, -0.15) is 0 Å². The highest BCUT2D eigenvalue weighted by Gasteiger charge is 2.56. The van der Waals surface area contributed by atoms with Gasteiger partial charge in [-0.15, -0.1) is 0 Å². The molecular formula is C25H23BrFN3O2. The van der Waals surface area contributed by atoms with Gasteiger partial charge in [-0.1, -0.05) is 40.2 Å². The molecule has 2 heterocycles. The number of halogens is 2. The summed E-state index contributed by atoms with van der Waals surface area (Å²) < 4.78 is 20.7. The summed E-state index contributed by atoms with van der Waals surface area (Å²) in [6, 6.07) is 21.2. The first-order valence-electron chi connectivity index (χ1n) is 10.6. The zero-order chi connectivity index (χ0) is 22.2. The predicted octanol–water partition coefficient (Wildman–Crippen LogP) is 4.91. The van der Waals surface area contributed by atoms with E-state index in [0.717, 1.165) is 27.0 Å². The first kappa shape index (κ1) is 21.1. The lowest BCUT2D eigenvalue weighted by Crippen LogP contribution is -2.41. The van der Waals surface area contributed by atoms with Gasteiger partial charge in [-0.05, 0) is 66.6 Å². The number of anilines is 1. The van der Waals surface area contributed by atoms with E-state index < -0.39 is 6.04 Å². The average Bonchev–Trinajstić information content (AvgIpc) is 3.34. The largest absolute Gasteiger partial charge is 0.494 e. The van der Waals surface area contributed by atoms with Gasteiger partial charge in [0.05, 0.1) is 18.7 Å². The highest BCUT2D eigenvalue weighted by Crippen LogP contribution is 2.49. The fourth-order valence-electron chi connectivity index (χ4n) is 4.81. The summed E-state index contributed by atoms with van der Waals surface area (Å²) in [7, 11) is 0. The Kier molecular flexibility index (Phi) is 5.71. The van der Waals surface area contributed by atoms with E-state index in [0.29, 0.717) is 6.61 Å². The number of benzene rings is 3. The van der Waals surface area contributed by atoms with Crippen molar-refractivity contribution in [2.75, 3.05) is 11.5 Å². The van der Waals surface area contributed by atoms with E-state index in [1.807, 2.05) is 61.5 Å². The molecule has 0 bridgehead atoms. The standard InChI is InChI=1S/C25H23BrFN3O2/c1-2-32-20-12-6-15(7-13-20)22-21-23(29-28-22)25(31)30(19-10-8-17(26)9-11-19)24(21)16-4-3-5-18(27)14-16/h3-14,21-24,28-29H,2H2,1H3. The number of carbonyl (C=O) groups is 1. The maximum Gasteiger partial charge on any atom is 0.246 e. The fourth-order valence-corrected chi connectivity index (χ4v) is 5.07. The van der Waals surface area contributed by atoms with Crippen LogP contribution >= 0.6 is 15.9 Å². The molecule has 0 spiro atoms. The smallest absolute Gasteiger partial charge is 0.246 e. The molecule has 2 N–H and O–H groups in total. The Hall–Kier alpha value is -2.74. The van der Waals surface area contributed by atoms with Crippen LogP contribution in [0.25, 0.3) is 0 Å². The Morgan fingerprint density at radius 3 is 2.38 bits per heavy atom. The topological polar surface area (TPSA) is 53.6 Å². The molecule has 3 aromatic rings. The van der Waals surface area contributed by atoms with Crippen LogP contribution < -0.4 is 20.5 Å². The number of hydrogen-bond acceptors (Lipinski definition) is 4. The maximum absolute atomic E-state index is 14.2. The van der Waals surface area contributed by atoms with Crippen LogP contribution in [0.15, 0.2) is 77.3 Å². The summed E-state index contributed by atoms with van der Waals surface area (Å²) in [5.41, 5.74) is 9.12. The van der Waals surface area contributed by atoms with Gasteiger partial charge in [0, 0.05) is 16.1 Å². The summed E-state index contributed by atoms with van der Waals surface area (Å²) in [4.78, 5) is 15.4. The number of rotatable bonds is 5. The van der Waals surface area contributed by atoms with Crippen molar-refractivity contribution >= 4 is 27.5 Å². The average molecular weight is 496 g/mol. The SMILES string of the molecule is CCOc1ccc(C2NNC3C(=O)N(c4ccc(Br)cc4)C(c4cccc(F)c4)C32)cc1. The molecule has 1 amide bonds. The van der Waals surface area contributed by atoms with E-state index in [1.165, 1.54) is 12.1 Å². The van der Waals surface area contributed by atoms with Gasteiger partial charge in [0.25, 0.3) is 0 Å². The maximum atomic E-state index is 14.2. The Bertz CT molecular complexity index is 1120. The van der Waals surface area contributed by atoms with Crippen LogP contribution in [0.4, 0.5) is 10.1 Å². The third kappa shape index (κ3) is 3.70. The lowest BCUT2D eigenvalue weighted by atomic mass is 9.83. The van der Waals surface area contributed by atoms with Crippen molar-refractivity contribution in [3.05, 3.63) is 94.2 Å². The van der Waals surface area contributed by atoms with Gasteiger partial charge < -0.3 is 9.64 Å². The molecule has 0 radical (unpaired) electrons. The minimum absolute atomic E-state index is 0.0347. The molecule has 3 aromatic carbocycles. The van der Waals surface area contributed by atoms with Gasteiger partial charge in [0.1, 0.15) is 17.6 Å². The van der Waals surface area contributed by atoms with Gasteiger partial charge in [0.15, 0.2) is 0 Å². The predicted molar refractivity (Wildman–Crippen MR) is 125 cm³/mol. The zero-order valence-electron chi connectivity index (χ0n) is 17.5. The third-order valence-corrected chi connectivity index (χ3v) is 6.68. The van der Waals surface area contributed by atoms with Crippen LogP contribution in [0.3, 0.4) is 0 Å². The van der Waals surface area contributed by atoms with Gasteiger partial charge in [-0.25, -0.2) is 15.2 Å². The Labute approximate surface area is 194 Å². The van der Waals surface area contributed by atoms with E-state index in [9.17, 15) is 9.18 Å². The summed E-state index contributed by atoms with van der Waals surface area (Å²) >= 11 is 3.46. The number of fused-ring (bicyclic) bond motifs is 1. The van der Waals surface area contributed by atoms with E-state index >= 15 is 0 Å². The second-order valence-corrected chi connectivity index (χ2v) is 8.92. The summed E-state index contributed by atoms with van der Waals surface area (Å²) in [5, 5.41) is 0. The normalized spacial score (nSPS) is 24.6. The van der Waals surface area contributed by atoms with Crippen LogP contribution in [0.1, 0.15) is 30.1 Å². The van der Waals surface area contributed by atoms with Crippen LogP contribution in [-0.4, -0.2) is 18.6 Å². The van der Waals surface area contributed by atoms with E-state index in [2.05, 4.69) is 26.8 Å². The molecule has 0 aromatic heterocycles. The third-order valence-electron chi connectivity index (χ3n) is 6.16. The second kappa shape index (κ2) is 8.65. The first-order valence-corrected chi connectivity index (χ1v) is 11.4. The van der Waals surface area contributed by atoms with Crippen LogP contribution in [0, 0.1) is 11.7 Å². The molecule has 4 unspecified atom stereocenters. The Morgan fingerprint density at radius 1 is 0.969 bits per heavy atom. The number of hydrogen-bond donors (Lipinski definition) is 2. The molecule has 5 rings (SSSR count). The summed E-state index contributed by atoms with van der Waals surface area (Å²) in [6.45, 7) is 2.55. The zero-order valence-corrected chi connectivity index (χ0v) is 19.1. The van der Waals surface area contributed by atoms with E-state index in [4.69, 9.17) is 4.74 Å². The van der Waals surface area contributed by atoms with Crippen molar-refractivity contribution in [3.8, 4) is 5.75 Å². The molecule has 2 aliphatic rings. The van der Waals surface area contributed by atoms with Crippen molar-refractivity contribution in [2.45, 2.75) is 25.0 Å². The quantitative estimate of drug-likeness (QED) is 0.528.